The lowest BCUT2D eigenvalue weighted by atomic mass is 10.2. The second-order valence-electron chi connectivity index (χ2n) is 5.53. The van der Waals surface area contributed by atoms with Crippen molar-refractivity contribution >= 4 is 28.9 Å². The summed E-state index contributed by atoms with van der Waals surface area (Å²) in [7, 11) is 0. The van der Waals surface area contributed by atoms with Crippen LogP contribution in [0.2, 0.25) is 5.02 Å². The average Bonchev–Trinajstić information content (AvgIpc) is 3.09. The van der Waals surface area contributed by atoms with Gasteiger partial charge < -0.3 is 15.0 Å². The molecule has 3 rings (SSSR count). The predicted molar refractivity (Wildman–Crippen MR) is 93.5 cm³/mol. The molecule has 1 aliphatic heterocycles. The number of nitrogens with zero attached hydrogens (tertiary/aromatic N) is 1. The van der Waals surface area contributed by atoms with Crippen molar-refractivity contribution in [2.75, 3.05) is 29.9 Å². The summed E-state index contributed by atoms with van der Waals surface area (Å²) in [6.07, 6.45) is 2.50. The first kappa shape index (κ1) is 15.7. The molecule has 0 bridgehead atoms. The van der Waals surface area contributed by atoms with E-state index in [1.54, 1.807) is 24.3 Å². The van der Waals surface area contributed by atoms with Crippen LogP contribution in [0.3, 0.4) is 0 Å². The van der Waals surface area contributed by atoms with Gasteiger partial charge in [0.25, 0.3) is 5.91 Å². The second-order valence-corrected chi connectivity index (χ2v) is 5.97. The summed E-state index contributed by atoms with van der Waals surface area (Å²) in [6.45, 7) is 2.19. The molecule has 0 spiro atoms. The molecule has 1 amide bonds. The van der Waals surface area contributed by atoms with E-state index in [1.165, 1.54) is 18.5 Å². The molecule has 5 heteroatoms. The van der Waals surface area contributed by atoms with E-state index in [1.807, 2.05) is 24.3 Å². The number of anilines is 2. The molecule has 1 N–H and O–H groups in total. The molecular formula is C18H19ClN2O2. The Morgan fingerprint density at radius 2 is 1.70 bits per heavy atom. The topological polar surface area (TPSA) is 41.6 Å². The Hall–Kier alpha value is -2.20. The smallest absolute Gasteiger partial charge is 0.262 e. The third-order valence-electron chi connectivity index (χ3n) is 3.81. The number of carbonyl (C=O) groups excluding carboxylic acids is 1. The van der Waals surface area contributed by atoms with Gasteiger partial charge in [0.15, 0.2) is 6.61 Å². The molecule has 1 heterocycles. The van der Waals surface area contributed by atoms with Gasteiger partial charge in [-0.1, -0.05) is 11.6 Å². The number of hydrogen-bond donors (Lipinski definition) is 1. The molecule has 4 nitrogen and oxygen atoms in total. The highest BCUT2D eigenvalue weighted by molar-refractivity contribution is 6.30. The highest BCUT2D eigenvalue weighted by Gasteiger charge is 2.12. The van der Waals surface area contributed by atoms with Crippen molar-refractivity contribution < 1.29 is 9.53 Å². The first-order valence-electron chi connectivity index (χ1n) is 7.74. The zero-order chi connectivity index (χ0) is 16.1. The number of halogens is 1. The van der Waals surface area contributed by atoms with E-state index in [9.17, 15) is 4.79 Å². The summed E-state index contributed by atoms with van der Waals surface area (Å²) in [5.41, 5.74) is 1.98. The molecule has 2 aromatic carbocycles. The van der Waals surface area contributed by atoms with E-state index in [0.717, 1.165) is 18.8 Å². The fraction of sp³-hybridized carbons (Fsp3) is 0.278. The molecule has 120 valence electrons. The van der Waals surface area contributed by atoms with E-state index >= 15 is 0 Å². The van der Waals surface area contributed by atoms with Gasteiger partial charge in [0.05, 0.1) is 0 Å². The van der Waals surface area contributed by atoms with E-state index in [2.05, 4.69) is 10.2 Å². The van der Waals surface area contributed by atoms with Crippen molar-refractivity contribution in [3.8, 4) is 5.75 Å². The molecule has 0 saturated carbocycles. The van der Waals surface area contributed by atoms with Gasteiger partial charge >= 0.3 is 0 Å². The zero-order valence-corrected chi connectivity index (χ0v) is 13.6. The fourth-order valence-electron chi connectivity index (χ4n) is 2.61. The van der Waals surface area contributed by atoms with Crippen LogP contribution < -0.4 is 15.0 Å². The molecule has 1 fully saturated rings. The highest BCUT2D eigenvalue weighted by atomic mass is 35.5. The van der Waals surface area contributed by atoms with Gasteiger partial charge in [0.2, 0.25) is 0 Å². The van der Waals surface area contributed by atoms with Crippen molar-refractivity contribution in [2.45, 2.75) is 12.8 Å². The summed E-state index contributed by atoms with van der Waals surface area (Å²) in [4.78, 5) is 14.3. The van der Waals surface area contributed by atoms with E-state index in [0.29, 0.717) is 10.8 Å². The second kappa shape index (κ2) is 7.38. The largest absolute Gasteiger partial charge is 0.484 e. The van der Waals surface area contributed by atoms with E-state index in [-0.39, 0.29) is 12.5 Å². The molecule has 0 aromatic heterocycles. The lowest BCUT2D eigenvalue weighted by Crippen LogP contribution is -2.20. The minimum atomic E-state index is -0.186. The average molecular weight is 331 g/mol. The predicted octanol–water partition coefficient (Wildman–Crippen LogP) is 3.96. The molecule has 0 radical (unpaired) electrons. The standard InChI is InChI=1S/C18H19ClN2O2/c19-14-3-9-17(10-4-14)23-13-18(22)20-15-5-7-16(8-6-15)21-11-1-2-12-21/h3-10H,1-2,11-13H2,(H,20,22). The maximum Gasteiger partial charge on any atom is 0.262 e. The van der Waals surface area contributed by atoms with Gasteiger partial charge in [0.1, 0.15) is 5.75 Å². The van der Waals surface area contributed by atoms with Crippen LogP contribution in [0.4, 0.5) is 11.4 Å². The Balaban J connectivity index is 1.50. The van der Waals surface area contributed by atoms with Crippen molar-refractivity contribution in [3.63, 3.8) is 0 Å². The number of carbonyl (C=O) groups is 1. The van der Waals surface area contributed by atoms with E-state index in [4.69, 9.17) is 16.3 Å². The molecule has 1 saturated heterocycles. The number of ether oxygens (including phenoxy) is 1. The third kappa shape index (κ3) is 4.39. The van der Waals surface area contributed by atoms with Crippen molar-refractivity contribution in [1.29, 1.82) is 0 Å². The van der Waals surface area contributed by atoms with Crippen LogP contribution in [0, 0.1) is 0 Å². The molecule has 2 aromatic rings. The molecule has 0 aliphatic carbocycles. The van der Waals surface area contributed by atoms with Crippen LogP contribution in [-0.4, -0.2) is 25.6 Å². The Labute approximate surface area is 141 Å². The lowest BCUT2D eigenvalue weighted by molar-refractivity contribution is -0.118. The molecule has 23 heavy (non-hydrogen) atoms. The number of hydrogen-bond acceptors (Lipinski definition) is 3. The Bertz CT molecular complexity index is 650. The maximum absolute atomic E-state index is 11.9. The molecule has 0 atom stereocenters. The zero-order valence-electron chi connectivity index (χ0n) is 12.8. The molecule has 1 aliphatic rings. The van der Waals surface area contributed by atoms with Gasteiger partial charge in [-0.05, 0) is 61.4 Å². The summed E-state index contributed by atoms with van der Waals surface area (Å²) in [6, 6.07) is 14.9. The number of benzene rings is 2. The number of nitrogens with one attached hydrogen (secondary N) is 1. The van der Waals surface area contributed by atoms with Crippen molar-refractivity contribution in [2.24, 2.45) is 0 Å². The normalized spacial score (nSPS) is 13.9. The minimum absolute atomic E-state index is 0.0322. The molecule has 0 unspecified atom stereocenters. The molecular weight excluding hydrogens is 312 g/mol. The Kier molecular flexibility index (Phi) is 5.03. The SMILES string of the molecule is O=C(COc1ccc(Cl)cc1)Nc1ccc(N2CCCC2)cc1. The first-order valence-corrected chi connectivity index (χ1v) is 8.12. The van der Waals surface area contributed by atoms with Crippen LogP contribution in [0.1, 0.15) is 12.8 Å². The summed E-state index contributed by atoms with van der Waals surface area (Å²) in [5, 5.41) is 3.47. The van der Waals surface area contributed by atoms with E-state index < -0.39 is 0 Å². The number of amides is 1. The monoisotopic (exact) mass is 330 g/mol. The van der Waals surface area contributed by atoms with Gasteiger partial charge in [-0.2, -0.15) is 0 Å². The van der Waals surface area contributed by atoms with Crippen LogP contribution in [-0.2, 0) is 4.79 Å². The summed E-state index contributed by atoms with van der Waals surface area (Å²) in [5.74, 6) is 0.433. The van der Waals surface area contributed by atoms with Gasteiger partial charge in [0, 0.05) is 29.5 Å². The summed E-state index contributed by atoms with van der Waals surface area (Å²) < 4.78 is 5.42. The quantitative estimate of drug-likeness (QED) is 0.902. The van der Waals surface area contributed by atoms with Gasteiger partial charge in [-0.3, -0.25) is 4.79 Å². The van der Waals surface area contributed by atoms with Crippen molar-refractivity contribution in [3.05, 3.63) is 53.6 Å². The Morgan fingerprint density at radius 3 is 2.35 bits per heavy atom. The van der Waals surface area contributed by atoms with Gasteiger partial charge in [-0.25, -0.2) is 0 Å². The fourth-order valence-corrected chi connectivity index (χ4v) is 2.73. The Morgan fingerprint density at radius 1 is 1.04 bits per heavy atom. The minimum Gasteiger partial charge on any atom is -0.484 e. The number of rotatable bonds is 5. The van der Waals surface area contributed by atoms with Gasteiger partial charge in [-0.15, -0.1) is 0 Å². The highest BCUT2D eigenvalue weighted by Crippen LogP contribution is 2.22. The third-order valence-corrected chi connectivity index (χ3v) is 4.06. The van der Waals surface area contributed by atoms with Crippen LogP contribution in [0.5, 0.6) is 5.75 Å². The van der Waals surface area contributed by atoms with Crippen LogP contribution in [0.15, 0.2) is 48.5 Å². The summed E-state index contributed by atoms with van der Waals surface area (Å²) >= 11 is 5.80. The van der Waals surface area contributed by atoms with Crippen LogP contribution >= 0.6 is 11.6 Å². The van der Waals surface area contributed by atoms with Crippen LogP contribution in [0.25, 0.3) is 0 Å². The maximum atomic E-state index is 11.9. The first-order chi connectivity index (χ1) is 11.2. The van der Waals surface area contributed by atoms with Crippen molar-refractivity contribution in [1.82, 2.24) is 0 Å². The lowest BCUT2D eigenvalue weighted by Gasteiger charge is -2.17.